The molecule has 39 heavy (non-hydrogen) atoms. The Balaban J connectivity index is 1.34. The maximum Gasteiger partial charge on any atom is 0.292 e. The summed E-state index contributed by atoms with van der Waals surface area (Å²) in [4.78, 5) is 16.4. The molecule has 8 heteroatoms. The third kappa shape index (κ3) is 4.62. The zero-order chi connectivity index (χ0) is 26.8. The lowest BCUT2D eigenvalue weighted by atomic mass is 9.79. The maximum atomic E-state index is 12.1. The molecule has 2 aromatic heterocycles. The van der Waals surface area contributed by atoms with Crippen molar-refractivity contribution in [1.29, 1.82) is 0 Å². The van der Waals surface area contributed by atoms with Gasteiger partial charge in [-0.25, -0.2) is 10.1 Å². The van der Waals surface area contributed by atoms with Crippen LogP contribution in [0.4, 0.5) is 0 Å². The Labute approximate surface area is 226 Å². The largest absolute Gasteiger partial charge is 0.497 e. The van der Waals surface area contributed by atoms with Gasteiger partial charge >= 0.3 is 0 Å². The average molecular weight is 523 g/mol. The molecular weight excluding hydrogens is 492 g/mol. The van der Waals surface area contributed by atoms with Crippen LogP contribution in [0.3, 0.4) is 0 Å². The first kappa shape index (κ1) is 25.0. The minimum absolute atomic E-state index is 0.144. The number of aromatic nitrogens is 4. The summed E-state index contributed by atoms with van der Waals surface area (Å²) in [5, 5.41) is 6.37. The number of hydrogen-bond donors (Lipinski definition) is 1. The summed E-state index contributed by atoms with van der Waals surface area (Å²) >= 11 is 0. The zero-order valence-corrected chi connectivity index (χ0v) is 21.9. The third-order valence-electron chi connectivity index (χ3n) is 7.42. The van der Waals surface area contributed by atoms with E-state index in [-0.39, 0.29) is 17.9 Å². The first-order valence-electron chi connectivity index (χ1n) is 13.1. The molecule has 1 aliphatic heterocycles. The van der Waals surface area contributed by atoms with Crippen molar-refractivity contribution in [3.8, 4) is 5.75 Å². The Morgan fingerprint density at radius 3 is 2.38 bits per heavy atom. The lowest BCUT2D eigenvalue weighted by Crippen LogP contribution is -2.35. The first-order valence-corrected chi connectivity index (χ1v) is 13.1. The Morgan fingerprint density at radius 1 is 0.974 bits per heavy atom. The molecular formula is C31H30N4O4. The van der Waals surface area contributed by atoms with Crippen molar-refractivity contribution in [2.45, 2.75) is 37.7 Å². The van der Waals surface area contributed by atoms with Crippen LogP contribution in [0.25, 0.3) is 11.0 Å². The summed E-state index contributed by atoms with van der Waals surface area (Å²) in [6.07, 6.45) is 4.44. The molecule has 198 valence electrons. The van der Waals surface area contributed by atoms with Crippen LogP contribution >= 0.6 is 0 Å². The number of nitrogens with zero attached hydrogens (tertiary/aromatic N) is 3. The Morgan fingerprint density at radius 2 is 1.67 bits per heavy atom. The van der Waals surface area contributed by atoms with Crippen molar-refractivity contribution < 1.29 is 14.2 Å². The molecule has 0 amide bonds. The van der Waals surface area contributed by atoms with Crippen molar-refractivity contribution in [2.75, 3.05) is 13.7 Å². The van der Waals surface area contributed by atoms with Gasteiger partial charge < -0.3 is 18.8 Å². The lowest BCUT2D eigenvalue weighted by Gasteiger charge is -2.37. The number of imidazole rings is 1. The number of ether oxygens (including phenoxy) is 3. The molecule has 3 atom stereocenters. The van der Waals surface area contributed by atoms with Gasteiger partial charge in [0, 0.05) is 0 Å². The molecule has 3 unspecified atom stereocenters. The summed E-state index contributed by atoms with van der Waals surface area (Å²) in [5.74, 6) is 0.785. The van der Waals surface area contributed by atoms with Crippen LogP contribution in [-0.2, 0) is 15.1 Å². The van der Waals surface area contributed by atoms with Crippen LogP contribution in [0, 0.1) is 6.92 Å². The third-order valence-corrected chi connectivity index (χ3v) is 7.42. The fourth-order valence-electron chi connectivity index (χ4n) is 5.38. The van der Waals surface area contributed by atoms with Crippen LogP contribution in [0.5, 0.6) is 5.75 Å². The molecule has 0 spiro atoms. The van der Waals surface area contributed by atoms with Crippen molar-refractivity contribution in [1.82, 2.24) is 19.7 Å². The van der Waals surface area contributed by atoms with Crippen LogP contribution in [0.2, 0.25) is 0 Å². The highest BCUT2D eigenvalue weighted by Crippen LogP contribution is 2.42. The molecule has 3 heterocycles. The normalized spacial score (nSPS) is 18.7. The fourth-order valence-corrected chi connectivity index (χ4v) is 5.38. The number of H-pyrrole nitrogens is 1. The molecule has 1 fully saturated rings. The van der Waals surface area contributed by atoms with Gasteiger partial charge in [-0.1, -0.05) is 72.3 Å². The molecule has 8 nitrogen and oxygen atoms in total. The fraction of sp³-hybridized carbons (Fsp3) is 0.258. The van der Waals surface area contributed by atoms with Crippen molar-refractivity contribution in [3.05, 3.63) is 124 Å². The van der Waals surface area contributed by atoms with Gasteiger partial charge in [-0.3, -0.25) is 4.79 Å². The Bertz CT molecular complexity index is 1610. The summed E-state index contributed by atoms with van der Waals surface area (Å²) in [6.45, 7) is 2.45. The second-order valence-corrected chi connectivity index (χ2v) is 9.83. The van der Waals surface area contributed by atoms with Crippen LogP contribution in [0.15, 0.2) is 96.2 Å². The summed E-state index contributed by atoms with van der Waals surface area (Å²) < 4.78 is 20.8. The summed E-state index contributed by atoms with van der Waals surface area (Å²) in [7, 11) is 1.67. The van der Waals surface area contributed by atoms with Crippen LogP contribution < -0.4 is 10.3 Å². The molecule has 1 N–H and O–H groups in total. The van der Waals surface area contributed by atoms with Gasteiger partial charge in [0.15, 0.2) is 5.52 Å². The first-order chi connectivity index (χ1) is 19.1. The number of hydrogen-bond acceptors (Lipinski definition) is 6. The molecule has 1 saturated heterocycles. The Kier molecular flexibility index (Phi) is 6.72. The number of aryl methyl sites for hydroxylation is 1. The van der Waals surface area contributed by atoms with Gasteiger partial charge in [-0.2, -0.15) is 5.10 Å². The van der Waals surface area contributed by atoms with Crippen molar-refractivity contribution in [2.24, 2.45) is 0 Å². The second-order valence-electron chi connectivity index (χ2n) is 9.83. The van der Waals surface area contributed by atoms with Crippen LogP contribution in [0.1, 0.15) is 41.3 Å². The highest BCUT2D eigenvalue weighted by Gasteiger charge is 2.39. The predicted octanol–water partition coefficient (Wildman–Crippen LogP) is 5.12. The standard InChI is InChI=1S/C31H30N4O4/c1-21-8-10-23(11-9-21)31(22-6-4-3-5-7-22,24-12-14-25(37-2)15-13-24)38-19-26-16-17-28(39-26)35-20-32-29-27(35)18-33-34-30(29)36/h3-15,18,20,26,28H,16-17,19H2,1-2H3,(H,34,36). The Hall–Kier alpha value is -4.27. The minimum atomic E-state index is -0.860. The van der Waals surface area contributed by atoms with E-state index in [1.54, 1.807) is 19.6 Å². The van der Waals surface area contributed by atoms with Gasteiger partial charge in [-0.15, -0.1) is 0 Å². The molecule has 3 aromatic carbocycles. The predicted molar refractivity (Wildman–Crippen MR) is 148 cm³/mol. The molecule has 0 radical (unpaired) electrons. The monoisotopic (exact) mass is 522 g/mol. The number of fused-ring (bicyclic) bond motifs is 1. The molecule has 0 bridgehead atoms. The summed E-state index contributed by atoms with van der Waals surface area (Å²) in [5.41, 5.74) is 4.08. The highest BCUT2D eigenvalue weighted by molar-refractivity contribution is 5.72. The number of rotatable bonds is 8. The maximum absolute atomic E-state index is 12.1. The van der Waals surface area contributed by atoms with E-state index in [4.69, 9.17) is 14.2 Å². The molecule has 1 aliphatic rings. The quantitative estimate of drug-likeness (QED) is 0.284. The van der Waals surface area contributed by atoms with Crippen molar-refractivity contribution >= 4 is 11.0 Å². The van der Waals surface area contributed by atoms with E-state index in [0.29, 0.717) is 17.6 Å². The molecule has 0 saturated carbocycles. The van der Waals surface area contributed by atoms with E-state index in [1.165, 1.54) is 5.56 Å². The zero-order valence-electron chi connectivity index (χ0n) is 21.9. The smallest absolute Gasteiger partial charge is 0.292 e. The lowest BCUT2D eigenvalue weighted by molar-refractivity contribution is -0.0755. The van der Waals surface area contributed by atoms with E-state index >= 15 is 0 Å². The van der Waals surface area contributed by atoms with Gasteiger partial charge in [0.25, 0.3) is 5.56 Å². The SMILES string of the molecule is COc1ccc(C(OCC2CCC(n3cnc4c(=O)[nH]ncc43)O2)(c2ccccc2)c2ccc(C)cc2)cc1. The molecule has 6 rings (SSSR count). The van der Waals surface area contributed by atoms with E-state index < -0.39 is 5.60 Å². The van der Waals surface area contributed by atoms with E-state index in [1.807, 2.05) is 34.9 Å². The van der Waals surface area contributed by atoms with Gasteiger partial charge in [0.05, 0.1) is 37.9 Å². The average Bonchev–Trinajstić information content (AvgIpc) is 3.63. The van der Waals surface area contributed by atoms with Gasteiger partial charge in [0.2, 0.25) is 0 Å². The minimum Gasteiger partial charge on any atom is -0.497 e. The van der Waals surface area contributed by atoms with E-state index in [9.17, 15) is 4.79 Å². The number of methoxy groups -OCH3 is 1. The second kappa shape index (κ2) is 10.5. The highest BCUT2D eigenvalue weighted by atomic mass is 16.6. The number of benzene rings is 3. The van der Waals surface area contributed by atoms with E-state index in [2.05, 4.69) is 70.6 Å². The number of nitrogens with one attached hydrogen (secondary N) is 1. The van der Waals surface area contributed by atoms with Crippen molar-refractivity contribution in [3.63, 3.8) is 0 Å². The van der Waals surface area contributed by atoms with Gasteiger partial charge in [-0.05, 0) is 48.6 Å². The van der Waals surface area contributed by atoms with E-state index in [0.717, 1.165) is 35.3 Å². The molecule has 0 aliphatic carbocycles. The van der Waals surface area contributed by atoms with Crippen LogP contribution in [-0.4, -0.2) is 39.6 Å². The van der Waals surface area contributed by atoms with Gasteiger partial charge in [0.1, 0.15) is 17.6 Å². The topological polar surface area (TPSA) is 91.3 Å². The number of aromatic amines is 1. The summed E-state index contributed by atoms with van der Waals surface area (Å²) in [6, 6.07) is 26.8. The molecule has 5 aromatic rings.